The minimum Gasteiger partial charge on any atom is -0.366 e. The van der Waals surface area contributed by atoms with Gasteiger partial charge in [0, 0.05) is 17.0 Å². The van der Waals surface area contributed by atoms with Gasteiger partial charge >= 0.3 is 12.4 Å². The molecule has 3 N–H and O–H groups in total. The fraction of sp³-hybridized carbons (Fsp3) is 0.111. The molecule has 7 nitrogen and oxygen atoms in total. The highest BCUT2D eigenvalue weighted by molar-refractivity contribution is 7.85. The molecule has 2 aromatic carbocycles. The van der Waals surface area contributed by atoms with Crippen LogP contribution in [0.1, 0.15) is 21.5 Å². The van der Waals surface area contributed by atoms with Gasteiger partial charge in [0.25, 0.3) is 15.7 Å². The van der Waals surface area contributed by atoms with Crippen LogP contribution in [0.4, 0.5) is 26.3 Å². The summed E-state index contributed by atoms with van der Waals surface area (Å²) >= 11 is 0. The van der Waals surface area contributed by atoms with Crippen molar-refractivity contribution in [3.8, 4) is 5.69 Å². The Morgan fingerprint density at radius 3 is 2.00 bits per heavy atom. The third kappa shape index (κ3) is 4.18. The zero-order chi connectivity index (χ0) is 24.2. The molecule has 1 heterocycles. The summed E-state index contributed by atoms with van der Waals surface area (Å²) < 4.78 is 114. The second kappa shape index (κ2) is 7.34. The lowest BCUT2D eigenvalue weighted by molar-refractivity contribution is -0.138. The molecule has 0 atom stereocenters. The highest BCUT2D eigenvalue weighted by Gasteiger charge is 2.37. The van der Waals surface area contributed by atoms with Gasteiger partial charge in [-0.1, -0.05) is 0 Å². The molecule has 0 aliphatic rings. The maximum atomic E-state index is 13.6. The number of halogens is 6. The summed E-state index contributed by atoms with van der Waals surface area (Å²) in [6.07, 6.45) is -10.3. The van der Waals surface area contributed by atoms with Gasteiger partial charge in [-0.25, -0.2) is 0 Å². The van der Waals surface area contributed by atoms with Crippen molar-refractivity contribution in [3.63, 3.8) is 0 Å². The van der Waals surface area contributed by atoms with E-state index in [1.54, 1.807) is 0 Å². The molecular formula is C18H10F6N2O5S. The van der Waals surface area contributed by atoms with Gasteiger partial charge in [-0.15, -0.1) is 0 Å². The van der Waals surface area contributed by atoms with E-state index < -0.39 is 72.1 Å². The Morgan fingerprint density at radius 1 is 0.906 bits per heavy atom. The van der Waals surface area contributed by atoms with E-state index in [9.17, 15) is 44.3 Å². The predicted molar refractivity (Wildman–Crippen MR) is 97.9 cm³/mol. The van der Waals surface area contributed by atoms with Gasteiger partial charge < -0.3 is 5.73 Å². The normalized spacial score (nSPS) is 12.8. The molecule has 0 unspecified atom stereocenters. The van der Waals surface area contributed by atoms with E-state index in [-0.39, 0.29) is 10.6 Å². The topological polar surface area (TPSA) is 119 Å². The second-order valence-electron chi connectivity index (χ2n) is 6.48. The third-order valence-corrected chi connectivity index (χ3v) is 5.27. The summed E-state index contributed by atoms with van der Waals surface area (Å²) in [4.78, 5) is 22.8. The molecular weight excluding hydrogens is 470 g/mol. The van der Waals surface area contributed by atoms with Crippen LogP contribution in [0.25, 0.3) is 16.6 Å². The smallest absolute Gasteiger partial charge is 0.366 e. The van der Waals surface area contributed by atoms with Crippen molar-refractivity contribution in [3.05, 3.63) is 69.5 Å². The number of carbonyl (C=O) groups excluding carboxylic acids is 1. The van der Waals surface area contributed by atoms with Crippen molar-refractivity contribution >= 4 is 26.9 Å². The largest absolute Gasteiger partial charge is 0.418 e. The van der Waals surface area contributed by atoms with E-state index in [4.69, 9.17) is 10.3 Å². The van der Waals surface area contributed by atoms with Crippen molar-refractivity contribution < 1.29 is 44.1 Å². The summed E-state index contributed by atoms with van der Waals surface area (Å²) in [5, 5.41) is -0.959. The first-order valence-electron chi connectivity index (χ1n) is 8.28. The Bertz CT molecular complexity index is 1420. The molecule has 1 aromatic heterocycles. The van der Waals surface area contributed by atoms with Crippen LogP contribution in [0.5, 0.6) is 0 Å². The molecule has 0 fully saturated rings. The standard InChI is InChI=1S/C18H10F6N2O5S/c19-17(20,21)11-7-15(27)26(13-4-2-9(6-10(11)13)32(29,30)31)14-3-1-8(16(25)28)5-12(14)18(22,23)24/h1-7H,(H2,25,28)(H,29,30,31). The Kier molecular flexibility index (Phi) is 5.34. The first-order chi connectivity index (χ1) is 14.5. The highest BCUT2D eigenvalue weighted by atomic mass is 32.2. The third-order valence-electron chi connectivity index (χ3n) is 4.42. The van der Waals surface area contributed by atoms with E-state index in [0.717, 1.165) is 6.07 Å². The molecule has 0 bridgehead atoms. The minimum absolute atomic E-state index is 0.00173. The molecule has 170 valence electrons. The number of amides is 1. The lowest BCUT2D eigenvalue weighted by Gasteiger charge is -2.19. The number of primary amides is 1. The van der Waals surface area contributed by atoms with Crippen LogP contribution in [0.15, 0.2) is 52.2 Å². The predicted octanol–water partition coefficient (Wildman–Crippen LogP) is 3.37. The van der Waals surface area contributed by atoms with Crippen LogP contribution in [0, 0.1) is 0 Å². The highest BCUT2D eigenvalue weighted by Crippen LogP contribution is 2.38. The van der Waals surface area contributed by atoms with Gasteiger partial charge in [-0.2, -0.15) is 34.8 Å². The summed E-state index contributed by atoms with van der Waals surface area (Å²) in [7, 11) is -4.98. The van der Waals surface area contributed by atoms with Crippen LogP contribution in [0.3, 0.4) is 0 Å². The number of nitrogens with zero attached hydrogens (tertiary/aromatic N) is 1. The fourth-order valence-corrected chi connectivity index (χ4v) is 3.57. The average Bonchev–Trinajstić information content (AvgIpc) is 2.64. The van der Waals surface area contributed by atoms with Gasteiger partial charge in [-0.05, 0) is 36.4 Å². The first kappa shape index (κ1) is 23.3. The van der Waals surface area contributed by atoms with Gasteiger partial charge in [-0.3, -0.25) is 18.7 Å². The van der Waals surface area contributed by atoms with Gasteiger partial charge in [0.05, 0.1) is 27.2 Å². The molecule has 1 amide bonds. The van der Waals surface area contributed by atoms with Gasteiger partial charge in [0.15, 0.2) is 0 Å². The van der Waals surface area contributed by atoms with E-state index in [1.165, 1.54) is 0 Å². The van der Waals surface area contributed by atoms with Gasteiger partial charge in [0.2, 0.25) is 5.91 Å². The molecule has 14 heteroatoms. The number of nitrogens with two attached hydrogens (primary N) is 1. The van der Waals surface area contributed by atoms with Crippen molar-refractivity contribution in [2.24, 2.45) is 5.73 Å². The Morgan fingerprint density at radius 2 is 1.50 bits per heavy atom. The number of hydrogen-bond acceptors (Lipinski definition) is 4. The monoisotopic (exact) mass is 480 g/mol. The molecule has 0 aliphatic heterocycles. The molecule has 0 spiro atoms. The quantitative estimate of drug-likeness (QED) is 0.440. The zero-order valence-electron chi connectivity index (χ0n) is 15.3. The molecule has 0 radical (unpaired) electrons. The van der Waals surface area contributed by atoms with Gasteiger partial charge in [0.1, 0.15) is 0 Å². The molecule has 3 rings (SSSR count). The lowest BCUT2D eigenvalue weighted by atomic mass is 10.0. The Hall–Kier alpha value is -3.39. The molecule has 3 aromatic rings. The summed E-state index contributed by atoms with van der Waals surface area (Å²) in [6, 6.07) is 3.51. The van der Waals surface area contributed by atoms with Crippen molar-refractivity contribution in [2.45, 2.75) is 17.2 Å². The number of benzene rings is 2. The number of rotatable bonds is 3. The van der Waals surface area contributed by atoms with Crippen LogP contribution in [-0.4, -0.2) is 23.4 Å². The molecule has 0 aliphatic carbocycles. The van der Waals surface area contributed by atoms with Crippen LogP contribution in [0.2, 0.25) is 0 Å². The summed E-state index contributed by atoms with van der Waals surface area (Å²) in [6.45, 7) is 0. The van der Waals surface area contributed by atoms with Crippen LogP contribution < -0.4 is 11.3 Å². The lowest BCUT2D eigenvalue weighted by Crippen LogP contribution is -2.25. The zero-order valence-corrected chi connectivity index (χ0v) is 16.1. The van der Waals surface area contributed by atoms with E-state index in [1.807, 2.05) is 0 Å². The number of hydrogen-bond donors (Lipinski definition) is 2. The second-order valence-corrected chi connectivity index (χ2v) is 7.90. The molecule has 32 heavy (non-hydrogen) atoms. The van der Waals surface area contributed by atoms with E-state index in [2.05, 4.69) is 0 Å². The molecule has 0 saturated carbocycles. The average molecular weight is 480 g/mol. The summed E-state index contributed by atoms with van der Waals surface area (Å²) in [5.74, 6) is -1.22. The Labute approximate surface area is 174 Å². The van der Waals surface area contributed by atoms with E-state index in [0.29, 0.717) is 30.3 Å². The van der Waals surface area contributed by atoms with Crippen molar-refractivity contribution in [2.75, 3.05) is 0 Å². The number of fused-ring (bicyclic) bond motifs is 1. The van der Waals surface area contributed by atoms with Crippen LogP contribution in [-0.2, 0) is 22.5 Å². The SMILES string of the molecule is NC(=O)c1ccc(-n2c(=O)cc(C(F)(F)F)c3cc(S(=O)(=O)O)ccc32)c(C(F)(F)F)c1. The first-order valence-corrected chi connectivity index (χ1v) is 9.72. The minimum atomic E-state index is -5.18. The van der Waals surface area contributed by atoms with Crippen LogP contribution >= 0.6 is 0 Å². The maximum Gasteiger partial charge on any atom is 0.418 e. The summed E-state index contributed by atoms with van der Waals surface area (Å²) in [5.41, 5.74) is -1.92. The van der Waals surface area contributed by atoms with E-state index >= 15 is 0 Å². The Balaban J connectivity index is 2.53. The number of carbonyl (C=O) groups is 1. The van der Waals surface area contributed by atoms with Crippen molar-refractivity contribution in [1.29, 1.82) is 0 Å². The van der Waals surface area contributed by atoms with Crippen molar-refractivity contribution in [1.82, 2.24) is 4.57 Å². The molecule has 0 saturated heterocycles. The maximum absolute atomic E-state index is 13.6. The fourth-order valence-electron chi connectivity index (χ4n) is 3.07. The number of aromatic nitrogens is 1. The number of alkyl halides is 6. The number of pyridine rings is 1.